The molecule has 0 saturated carbocycles. The van der Waals surface area contributed by atoms with E-state index < -0.39 is 0 Å². The summed E-state index contributed by atoms with van der Waals surface area (Å²) in [6, 6.07) is 6.96. The van der Waals surface area contributed by atoms with Crippen LogP contribution in [0, 0.1) is 0 Å². The van der Waals surface area contributed by atoms with E-state index in [1.54, 1.807) is 0 Å². The lowest BCUT2D eigenvalue weighted by atomic mass is 10.0. The largest absolute Gasteiger partial charge is 0.381 e. The van der Waals surface area contributed by atoms with E-state index in [1.807, 2.05) is 11.8 Å². The summed E-state index contributed by atoms with van der Waals surface area (Å²) in [5, 5.41) is 4.93. The molecule has 106 valence electrons. The van der Waals surface area contributed by atoms with Crippen LogP contribution in [0.15, 0.2) is 18.2 Å². The van der Waals surface area contributed by atoms with Crippen molar-refractivity contribution in [3.63, 3.8) is 0 Å². The van der Waals surface area contributed by atoms with Crippen molar-refractivity contribution in [2.45, 2.75) is 31.1 Å². The highest BCUT2D eigenvalue weighted by Gasteiger charge is 2.17. The Morgan fingerprint density at radius 1 is 1.37 bits per heavy atom. The van der Waals surface area contributed by atoms with Crippen molar-refractivity contribution in [1.82, 2.24) is 4.90 Å². The highest BCUT2D eigenvalue weighted by atomic mass is 35.5. The van der Waals surface area contributed by atoms with Gasteiger partial charge in [-0.2, -0.15) is 11.8 Å². The van der Waals surface area contributed by atoms with E-state index in [0.29, 0.717) is 11.3 Å². The molecule has 1 heterocycles. The van der Waals surface area contributed by atoms with E-state index in [-0.39, 0.29) is 0 Å². The molecule has 1 aliphatic heterocycles. The lowest BCUT2D eigenvalue weighted by Gasteiger charge is -2.30. The fraction of sp³-hybridized carbons (Fsp3) is 0.600. The molecule has 1 aliphatic rings. The van der Waals surface area contributed by atoms with Gasteiger partial charge in [0.2, 0.25) is 0 Å². The average Bonchev–Trinajstić information content (AvgIpc) is 2.42. The molecule has 2 nitrogen and oxygen atoms in total. The fourth-order valence-corrected chi connectivity index (χ4v) is 3.07. The predicted molar refractivity (Wildman–Crippen MR) is 87.5 cm³/mol. The zero-order valence-electron chi connectivity index (χ0n) is 11.9. The molecule has 1 N–H and O–H groups in total. The van der Waals surface area contributed by atoms with Gasteiger partial charge >= 0.3 is 0 Å². The second-order valence-corrected chi connectivity index (χ2v) is 6.92. The van der Waals surface area contributed by atoms with E-state index in [9.17, 15) is 0 Å². The third kappa shape index (κ3) is 4.04. The lowest BCUT2D eigenvalue weighted by Crippen LogP contribution is -2.36. The van der Waals surface area contributed by atoms with Gasteiger partial charge in [-0.15, -0.1) is 0 Å². The van der Waals surface area contributed by atoms with Crippen LogP contribution < -0.4 is 5.32 Å². The number of likely N-dealkylation sites (tertiary alicyclic amines) is 1. The van der Waals surface area contributed by atoms with Gasteiger partial charge in [-0.3, -0.25) is 0 Å². The predicted octanol–water partition coefficient (Wildman–Crippen LogP) is 4.27. The van der Waals surface area contributed by atoms with Gasteiger partial charge in [-0.25, -0.2) is 0 Å². The Balaban J connectivity index is 2.01. The number of benzene rings is 1. The van der Waals surface area contributed by atoms with Crippen molar-refractivity contribution in [1.29, 1.82) is 0 Å². The van der Waals surface area contributed by atoms with Gasteiger partial charge < -0.3 is 10.2 Å². The van der Waals surface area contributed by atoms with Gasteiger partial charge in [0.05, 0.1) is 10.7 Å². The molecule has 19 heavy (non-hydrogen) atoms. The van der Waals surface area contributed by atoms with Crippen molar-refractivity contribution >= 4 is 29.1 Å². The molecule has 2 rings (SSSR count). The Morgan fingerprint density at radius 2 is 2.05 bits per heavy atom. The number of nitrogens with one attached hydrogen (secondary N) is 1. The van der Waals surface area contributed by atoms with Crippen LogP contribution in [-0.2, 0) is 0 Å². The van der Waals surface area contributed by atoms with E-state index in [1.165, 1.54) is 18.4 Å². The number of hydrogen-bond acceptors (Lipinski definition) is 3. The summed E-state index contributed by atoms with van der Waals surface area (Å²) >= 11 is 8.24. The summed E-state index contributed by atoms with van der Waals surface area (Å²) in [5.41, 5.74) is 2.37. The monoisotopic (exact) mass is 298 g/mol. The maximum Gasteiger partial charge on any atom is 0.0640 e. The molecule has 0 amide bonds. The topological polar surface area (TPSA) is 15.3 Å². The third-order valence-electron chi connectivity index (χ3n) is 3.89. The molecule has 1 aromatic carbocycles. The van der Waals surface area contributed by atoms with Gasteiger partial charge in [0, 0.05) is 11.3 Å². The average molecular weight is 299 g/mol. The number of thioether (sulfide) groups is 1. The van der Waals surface area contributed by atoms with Gasteiger partial charge in [0.1, 0.15) is 0 Å². The first kappa shape index (κ1) is 15.0. The van der Waals surface area contributed by atoms with Crippen molar-refractivity contribution in [3.8, 4) is 0 Å². The van der Waals surface area contributed by atoms with Crippen molar-refractivity contribution < 1.29 is 0 Å². The van der Waals surface area contributed by atoms with Gasteiger partial charge in [-0.05, 0) is 63.9 Å². The number of nitrogens with zero attached hydrogens (tertiary/aromatic N) is 1. The van der Waals surface area contributed by atoms with Gasteiger partial charge in [0.25, 0.3) is 0 Å². The third-order valence-corrected chi connectivity index (χ3v) is 5.19. The molecular weight excluding hydrogens is 276 g/mol. The second kappa shape index (κ2) is 6.87. The first-order valence-electron chi connectivity index (χ1n) is 6.87. The first-order valence-corrected chi connectivity index (χ1v) is 8.54. The Labute approximate surface area is 125 Å². The van der Waals surface area contributed by atoms with Crippen molar-refractivity contribution in [2.75, 3.05) is 31.7 Å². The normalized spacial score (nSPS) is 19.4. The van der Waals surface area contributed by atoms with Crippen LogP contribution in [0.1, 0.15) is 30.6 Å². The van der Waals surface area contributed by atoms with Crippen LogP contribution in [0.3, 0.4) is 0 Å². The number of hydrogen-bond donors (Lipinski definition) is 1. The maximum absolute atomic E-state index is 6.40. The van der Waals surface area contributed by atoms with Crippen LogP contribution in [0.2, 0.25) is 5.02 Å². The molecule has 0 aliphatic carbocycles. The maximum atomic E-state index is 6.40. The van der Waals surface area contributed by atoms with Crippen LogP contribution in [0.25, 0.3) is 0 Å². The molecule has 0 bridgehead atoms. The molecule has 1 aromatic rings. The van der Waals surface area contributed by atoms with Crippen molar-refractivity contribution in [3.05, 3.63) is 28.8 Å². The van der Waals surface area contributed by atoms with Gasteiger partial charge in [0.15, 0.2) is 0 Å². The summed E-state index contributed by atoms with van der Waals surface area (Å²) in [4.78, 5) is 2.38. The summed E-state index contributed by atoms with van der Waals surface area (Å²) in [6.45, 7) is 4.54. The zero-order valence-corrected chi connectivity index (χ0v) is 13.5. The quantitative estimate of drug-likeness (QED) is 0.893. The lowest BCUT2D eigenvalue weighted by molar-refractivity contribution is 0.264. The molecular formula is C15H23ClN2S. The SMILES string of the molecule is CSC(C)c1ccc(NC2CCN(C)CC2)c(Cl)c1. The Bertz CT molecular complexity index is 417. The summed E-state index contributed by atoms with van der Waals surface area (Å²) in [7, 11) is 2.18. The number of piperidine rings is 1. The molecule has 1 saturated heterocycles. The standard InChI is InChI=1S/C15H23ClN2S/c1-11(19-3)12-4-5-15(14(16)10-12)17-13-6-8-18(2)9-7-13/h4-5,10-11,13,17H,6-9H2,1-3H3. The highest BCUT2D eigenvalue weighted by molar-refractivity contribution is 7.98. The number of halogens is 1. The zero-order chi connectivity index (χ0) is 13.8. The molecule has 0 aromatic heterocycles. The highest BCUT2D eigenvalue weighted by Crippen LogP contribution is 2.32. The molecule has 4 heteroatoms. The first-order chi connectivity index (χ1) is 9.10. The molecule has 1 fully saturated rings. The second-order valence-electron chi connectivity index (χ2n) is 5.34. The van der Waals surface area contributed by atoms with Crippen LogP contribution in [0.4, 0.5) is 5.69 Å². The van der Waals surface area contributed by atoms with Crippen molar-refractivity contribution in [2.24, 2.45) is 0 Å². The minimum atomic E-state index is 0.495. The van der Waals surface area contributed by atoms with Gasteiger partial charge in [-0.1, -0.05) is 17.7 Å². The van der Waals surface area contributed by atoms with E-state index in [2.05, 4.69) is 48.6 Å². The summed E-state index contributed by atoms with van der Waals surface area (Å²) < 4.78 is 0. The number of anilines is 1. The molecule has 0 radical (unpaired) electrons. The molecule has 1 unspecified atom stereocenters. The smallest absolute Gasteiger partial charge is 0.0640 e. The minimum Gasteiger partial charge on any atom is -0.381 e. The Kier molecular flexibility index (Phi) is 5.43. The Hall–Kier alpha value is -0.380. The van der Waals surface area contributed by atoms with Crippen LogP contribution in [0.5, 0.6) is 0 Å². The summed E-state index contributed by atoms with van der Waals surface area (Å²) in [6.07, 6.45) is 4.51. The minimum absolute atomic E-state index is 0.495. The molecule has 0 spiro atoms. The van der Waals surface area contributed by atoms with E-state index >= 15 is 0 Å². The summed E-state index contributed by atoms with van der Waals surface area (Å²) in [5.74, 6) is 0. The van der Waals surface area contributed by atoms with E-state index in [4.69, 9.17) is 11.6 Å². The van der Waals surface area contributed by atoms with E-state index in [0.717, 1.165) is 23.8 Å². The molecule has 1 atom stereocenters. The number of rotatable bonds is 4. The Morgan fingerprint density at radius 3 is 2.63 bits per heavy atom. The fourth-order valence-electron chi connectivity index (χ4n) is 2.41. The van der Waals surface area contributed by atoms with Crippen LogP contribution in [-0.4, -0.2) is 37.3 Å². The van der Waals surface area contributed by atoms with Crippen LogP contribution >= 0.6 is 23.4 Å².